The predicted octanol–water partition coefficient (Wildman–Crippen LogP) is 1.89. The second kappa shape index (κ2) is 5.78. The topological polar surface area (TPSA) is 71.2 Å². The summed E-state index contributed by atoms with van der Waals surface area (Å²) in [5.41, 5.74) is 6.18. The fraction of sp³-hybridized carbons (Fsp3) is 0.500. The molecule has 4 N–H and O–H groups in total. The number of nitrogens with two attached hydrogens (primary N) is 1. The third-order valence-corrected chi connectivity index (χ3v) is 2.26. The Morgan fingerprint density at radius 2 is 2.33 bits per heavy atom. The van der Waals surface area contributed by atoms with E-state index in [2.05, 4.69) is 10.3 Å². The first-order chi connectivity index (χ1) is 7.11. The second-order valence-electron chi connectivity index (χ2n) is 3.39. The van der Waals surface area contributed by atoms with Crippen molar-refractivity contribution >= 4 is 23.1 Å². The molecule has 0 aliphatic heterocycles. The smallest absolute Gasteiger partial charge is 0.133 e. The molecule has 0 aliphatic rings. The fourth-order valence-electron chi connectivity index (χ4n) is 1.18. The third-order valence-electron chi connectivity index (χ3n) is 2.07. The number of nitrogens with zero attached hydrogens (tertiary/aromatic N) is 1. The van der Waals surface area contributed by atoms with Gasteiger partial charge in [0.25, 0.3) is 0 Å². The van der Waals surface area contributed by atoms with Gasteiger partial charge in [-0.15, -0.1) is 0 Å². The molecule has 0 aliphatic carbocycles. The summed E-state index contributed by atoms with van der Waals surface area (Å²) in [5.74, 6) is 0.642. The molecule has 0 spiro atoms. The molecule has 0 radical (unpaired) electrons. The molecule has 0 fully saturated rings. The van der Waals surface area contributed by atoms with Crippen LogP contribution >= 0.6 is 11.6 Å². The Labute approximate surface area is 94.5 Å². The number of rotatable bonds is 5. The van der Waals surface area contributed by atoms with Gasteiger partial charge in [-0.3, -0.25) is 0 Å². The highest BCUT2D eigenvalue weighted by Crippen LogP contribution is 2.15. The molecule has 1 aromatic rings. The molecule has 0 aromatic carbocycles. The van der Waals surface area contributed by atoms with E-state index in [0.717, 1.165) is 6.42 Å². The van der Waals surface area contributed by atoms with Crippen LogP contribution in [0.2, 0.25) is 5.15 Å². The standard InChI is InChI=1S/C10H16ClN3O/c1-2-8(15)3-4-13-10-6-7(12)5-9(11)14-10/h5-6,8,15H,2-4H2,1H3,(H3,12,13,14). The average Bonchev–Trinajstić information content (AvgIpc) is 2.16. The van der Waals surface area contributed by atoms with Gasteiger partial charge in [-0.1, -0.05) is 18.5 Å². The van der Waals surface area contributed by atoms with Crippen molar-refractivity contribution in [2.24, 2.45) is 0 Å². The number of nitrogen functional groups attached to an aromatic ring is 1. The maximum atomic E-state index is 9.33. The van der Waals surface area contributed by atoms with E-state index in [-0.39, 0.29) is 6.10 Å². The van der Waals surface area contributed by atoms with Crippen LogP contribution < -0.4 is 11.1 Å². The van der Waals surface area contributed by atoms with Crippen LogP contribution in [0.25, 0.3) is 0 Å². The molecule has 5 heteroatoms. The van der Waals surface area contributed by atoms with E-state index in [1.54, 1.807) is 12.1 Å². The van der Waals surface area contributed by atoms with Crippen LogP contribution in [0.5, 0.6) is 0 Å². The van der Waals surface area contributed by atoms with E-state index in [0.29, 0.717) is 29.6 Å². The minimum Gasteiger partial charge on any atom is -0.399 e. The number of nitrogens with one attached hydrogen (secondary N) is 1. The zero-order valence-corrected chi connectivity index (χ0v) is 9.46. The Morgan fingerprint density at radius 1 is 1.60 bits per heavy atom. The van der Waals surface area contributed by atoms with Crippen molar-refractivity contribution in [3.63, 3.8) is 0 Å². The van der Waals surface area contributed by atoms with Crippen LogP contribution in [-0.2, 0) is 0 Å². The number of aromatic nitrogens is 1. The molecule has 1 heterocycles. The van der Waals surface area contributed by atoms with Gasteiger partial charge in [0.2, 0.25) is 0 Å². The minimum atomic E-state index is -0.269. The van der Waals surface area contributed by atoms with Gasteiger partial charge in [0, 0.05) is 18.3 Å². The highest BCUT2D eigenvalue weighted by atomic mass is 35.5. The molecule has 1 unspecified atom stereocenters. The second-order valence-corrected chi connectivity index (χ2v) is 3.77. The Bertz CT molecular complexity index is 299. The van der Waals surface area contributed by atoms with Crippen molar-refractivity contribution < 1.29 is 5.11 Å². The first-order valence-electron chi connectivity index (χ1n) is 4.96. The van der Waals surface area contributed by atoms with Crippen LogP contribution in [0, 0.1) is 0 Å². The van der Waals surface area contributed by atoms with E-state index < -0.39 is 0 Å². The normalized spacial score (nSPS) is 12.5. The van der Waals surface area contributed by atoms with Crippen LogP contribution in [0.15, 0.2) is 12.1 Å². The van der Waals surface area contributed by atoms with Crippen LogP contribution in [0.3, 0.4) is 0 Å². The molecule has 1 atom stereocenters. The quantitative estimate of drug-likeness (QED) is 0.675. The number of pyridine rings is 1. The lowest BCUT2D eigenvalue weighted by Crippen LogP contribution is -2.12. The van der Waals surface area contributed by atoms with Crippen molar-refractivity contribution in [3.8, 4) is 0 Å². The van der Waals surface area contributed by atoms with E-state index >= 15 is 0 Å². The lowest BCUT2D eigenvalue weighted by atomic mass is 10.2. The zero-order valence-electron chi connectivity index (χ0n) is 8.70. The third kappa shape index (κ3) is 4.36. The Balaban J connectivity index is 2.43. The number of halogens is 1. The highest BCUT2D eigenvalue weighted by Gasteiger charge is 2.01. The SMILES string of the molecule is CCC(O)CCNc1cc(N)cc(Cl)n1. The largest absolute Gasteiger partial charge is 0.399 e. The maximum absolute atomic E-state index is 9.33. The molecule has 1 rings (SSSR count). The van der Waals surface area contributed by atoms with E-state index in [4.69, 9.17) is 17.3 Å². The molecular formula is C10H16ClN3O. The highest BCUT2D eigenvalue weighted by molar-refractivity contribution is 6.29. The number of aliphatic hydroxyl groups excluding tert-OH is 1. The van der Waals surface area contributed by atoms with Gasteiger partial charge in [0.05, 0.1) is 6.10 Å². The van der Waals surface area contributed by atoms with Crippen molar-refractivity contribution in [3.05, 3.63) is 17.3 Å². The molecule has 0 saturated carbocycles. The monoisotopic (exact) mass is 229 g/mol. The van der Waals surface area contributed by atoms with Crippen molar-refractivity contribution in [1.82, 2.24) is 4.98 Å². The molecular weight excluding hydrogens is 214 g/mol. The molecule has 0 amide bonds. The van der Waals surface area contributed by atoms with Crippen molar-refractivity contribution in [2.75, 3.05) is 17.6 Å². The Kier molecular flexibility index (Phi) is 4.65. The molecule has 0 bridgehead atoms. The van der Waals surface area contributed by atoms with Crippen LogP contribution in [0.1, 0.15) is 19.8 Å². The average molecular weight is 230 g/mol. The predicted molar refractivity (Wildman–Crippen MR) is 63.1 cm³/mol. The van der Waals surface area contributed by atoms with Crippen molar-refractivity contribution in [2.45, 2.75) is 25.9 Å². The van der Waals surface area contributed by atoms with Gasteiger partial charge >= 0.3 is 0 Å². The first kappa shape index (κ1) is 12.1. The maximum Gasteiger partial charge on any atom is 0.133 e. The van der Waals surface area contributed by atoms with Gasteiger partial charge in [0.15, 0.2) is 0 Å². The zero-order chi connectivity index (χ0) is 11.3. The molecule has 1 aromatic heterocycles. The summed E-state index contributed by atoms with van der Waals surface area (Å²) in [7, 11) is 0. The molecule has 4 nitrogen and oxygen atoms in total. The summed E-state index contributed by atoms with van der Waals surface area (Å²) in [4.78, 5) is 4.05. The Morgan fingerprint density at radius 3 is 2.93 bits per heavy atom. The molecule has 0 saturated heterocycles. The summed E-state index contributed by atoms with van der Waals surface area (Å²) < 4.78 is 0. The van der Waals surface area contributed by atoms with Crippen molar-refractivity contribution in [1.29, 1.82) is 0 Å². The van der Waals surface area contributed by atoms with Gasteiger partial charge in [-0.05, 0) is 18.9 Å². The van der Waals surface area contributed by atoms with Crippen LogP contribution in [-0.4, -0.2) is 22.7 Å². The van der Waals surface area contributed by atoms with Gasteiger partial charge in [-0.25, -0.2) is 4.98 Å². The number of anilines is 2. The lowest BCUT2D eigenvalue weighted by molar-refractivity contribution is 0.164. The summed E-state index contributed by atoms with van der Waals surface area (Å²) in [6, 6.07) is 3.30. The number of hydrogen-bond donors (Lipinski definition) is 3. The van der Waals surface area contributed by atoms with Gasteiger partial charge in [-0.2, -0.15) is 0 Å². The fourth-order valence-corrected chi connectivity index (χ4v) is 1.40. The first-order valence-corrected chi connectivity index (χ1v) is 5.34. The van der Waals surface area contributed by atoms with Gasteiger partial charge in [0.1, 0.15) is 11.0 Å². The Hall–Kier alpha value is -1.00. The minimum absolute atomic E-state index is 0.269. The van der Waals surface area contributed by atoms with Gasteiger partial charge < -0.3 is 16.2 Å². The lowest BCUT2D eigenvalue weighted by Gasteiger charge is -2.09. The summed E-state index contributed by atoms with van der Waals surface area (Å²) in [6.45, 7) is 2.60. The molecule has 15 heavy (non-hydrogen) atoms. The summed E-state index contributed by atoms with van der Waals surface area (Å²) >= 11 is 5.74. The number of aliphatic hydroxyl groups is 1. The molecule has 84 valence electrons. The van der Waals surface area contributed by atoms with E-state index in [1.807, 2.05) is 6.92 Å². The summed E-state index contributed by atoms with van der Waals surface area (Å²) in [6.07, 6.45) is 1.17. The van der Waals surface area contributed by atoms with Crippen LogP contribution in [0.4, 0.5) is 11.5 Å². The summed E-state index contributed by atoms with van der Waals surface area (Å²) in [5, 5.41) is 12.8. The van der Waals surface area contributed by atoms with E-state index in [9.17, 15) is 5.11 Å². The van der Waals surface area contributed by atoms with E-state index in [1.165, 1.54) is 0 Å². The number of hydrogen-bond acceptors (Lipinski definition) is 4.